The summed E-state index contributed by atoms with van der Waals surface area (Å²) < 4.78 is 10.7. The number of ether oxygens (including phenoxy) is 2. The monoisotopic (exact) mass is 284 g/mol. The Kier molecular flexibility index (Phi) is 5.44. The van der Waals surface area contributed by atoms with Crippen LogP contribution in [-0.4, -0.2) is 44.9 Å². The zero-order chi connectivity index (χ0) is 13.5. The zero-order valence-corrected chi connectivity index (χ0v) is 11.3. The fourth-order valence-electron chi connectivity index (χ4n) is 1.73. The molecule has 1 fully saturated rings. The van der Waals surface area contributed by atoms with Gasteiger partial charge in [0.05, 0.1) is 19.8 Å². The lowest BCUT2D eigenvalue weighted by Gasteiger charge is -2.22. The highest BCUT2D eigenvalue weighted by Crippen LogP contribution is 2.15. The van der Waals surface area contributed by atoms with E-state index in [1.54, 1.807) is 24.3 Å². The number of amides is 1. The lowest BCUT2D eigenvalue weighted by atomic mass is 10.2. The number of morpholine rings is 1. The van der Waals surface area contributed by atoms with Crippen molar-refractivity contribution in [3.63, 3.8) is 0 Å². The predicted molar refractivity (Wildman–Crippen MR) is 72.6 cm³/mol. The van der Waals surface area contributed by atoms with E-state index in [1.165, 1.54) is 0 Å². The van der Waals surface area contributed by atoms with Crippen molar-refractivity contribution in [3.05, 3.63) is 29.3 Å². The van der Waals surface area contributed by atoms with E-state index in [2.05, 4.69) is 10.6 Å². The Balaban J connectivity index is 1.63. The topological polar surface area (TPSA) is 59.6 Å². The molecule has 0 radical (unpaired) electrons. The molecule has 104 valence electrons. The maximum absolute atomic E-state index is 11.7. The van der Waals surface area contributed by atoms with Crippen molar-refractivity contribution in [1.29, 1.82) is 0 Å². The molecule has 1 unspecified atom stereocenters. The molecule has 0 spiro atoms. The van der Waals surface area contributed by atoms with Gasteiger partial charge in [0.2, 0.25) is 5.91 Å². The van der Waals surface area contributed by atoms with Crippen LogP contribution in [0.15, 0.2) is 24.3 Å². The van der Waals surface area contributed by atoms with Crippen LogP contribution in [0.4, 0.5) is 0 Å². The Labute approximate surface area is 117 Å². The minimum Gasteiger partial charge on any atom is -0.492 e. The van der Waals surface area contributed by atoms with E-state index in [0.717, 1.165) is 5.75 Å². The first-order chi connectivity index (χ1) is 9.25. The predicted octanol–water partition coefficient (Wildman–Crippen LogP) is 0.823. The fourth-order valence-corrected chi connectivity index (χ4v) is 1.86. The lowest BCUT2D eigenvalue weighted by molar-refractivity contribution is -0.126. The van der Waals surface area contributed by atoms with Crippen LogP contribution in [-0.2, 0) is 9.53 Å². The number of benzene rings is 1. The van der Waals surface area contributed by atoms with E-state index >= 15 is 0 Å². The van der Waals surface area contributed by atoms with E-state index in [0.29, 0.717) is 37.9 Å². The second-order valence-corrected chi connectivity index (χ2v) is 4.61. The summed E-state index contributed by atoms with van der Waals surface area (Å²) in [5, 5.41) is 6.56. The second-order valence-electron chi connectivity index (χ2n) is 4.18. The minimum absolute atomic E-state index is 0.0561. The van der Waals surface area contributed by atoms with Gasteiger partial charge >= 0.3 is 0 Å². The van der Waals surface area contributed by atoms with E-state index in [9.17, 15) is 4.79 Å². The number of carbonyl (C=O) groups excluding carboxylic acids is 1. The molecule has 0 aliphatic carbocycles. The molecule has 1 amide bonds. The third-order valence-corrected chi connectivity index (χ3v) is 2.97. The van der Waals surface area contributed by atoms with Gasteiger partial charge < -0.3 is 20.1 Å². The van der Waals surface area contributed by atoms with Crippen molar-refractivity contribution in [1.82, 2.24) is 10.6 Å². The molecular formula is C13H17ClN2O3. The average Bonchev–Trinajstić information content (AvgIpc) is 2.46. The van der Waals surface area contributed by atoms with Crippen molar-refractivity contribution in [2.45, 2.75) is 6.04 Å². The summed E-state index contributed by atoms with van der Waals surface area (Å²) in [5.41, 5.74) is 0. The molecule has 1 heterocycles. The number of rotatable bonds is 5. The lowest BCUT2D eigenvalue weighted by Crippen LogP contribution is -2.51. The summed E-state index contributed by atoms with van der Waals surface area (Å²) in [6.07, 6.45) is 0. The van der Waals surface area contributed by atoms with Crippen molar-refractivity contribution in [2.24, 2.45) is 0 Å². The Morgan fingerprint density at radius 1 is 1.47 bits per heavy atom. The SMILES string of the molecule is O=C(NCCOc1ccc(Cl)cc1)C1COCCN1. The maximum Gasteiger partial charge on any atom is 0.239 e. The smallest absolute Gasteiger partial charge is 0.239 e. The number of nitrogens with one attached hydrogen (secondary N) is 2. The van der Waals surface area contributed by atoms with Crippen molar-refractivity contribution < 1.29 is 14.3 Å². The summed E-state index contributed by atoms with van der Waals surface area (Å²) in [4.78, 5) is 11.7. The van der Waals surface area contributed by atoms with Crippen LogP contribution in [0.3, 0.4) is 0 Å². The van der Waals surface area contributed by atoms with Gasteiger partial charge in [-0.1, -0.05) is 11.6 Å². The number of hydrogen-bond donors (Lipinski definition) is 2. The first-order valence-electron chi connectivity index (χ1n) is 6.23. The van der Waals surface area contributed by atoms with Gasteiger partial charge in [-0.05, 0) is 24.3 Å². The van der Waals surface area contributed by atoms with E-state index < -0.39 is 0 Å². The molecule has 1 atom stereocenters. The maximum atomic E-state index is 11.7. The fraction of sp³-hybridized carbons (Fsp3) is 0.462. The van der Waals surface area contributed by atoms with Crippen LogP contribution < -0.4 is 15.4 Å². The van der Waals surface area contributed by atoms with Crippen molar-refractivity contribution in [3.8, 4) is 5.75 Å². The average molecular weight is 285 g/mol. The highest BCUT2D eigenvalue weighted by Gasteiger charge is 2.20. The molecule has 6 heteroatoms. The van der Waals surface area contributed by atoms with E-state index in [-0.39, 0.29) is 11.9 Å². The molecule has 2 rings (SSSR count). The molecule has 0 saturated carbocycles. The summed E-state index contributed by atoms with van der Waals surface area (Å²) in [6, 6.07) is 6.85. The van der Waals surface area contributed by atoms with Crippen LogP contribution in [0.1, 0.15) is 0 Å². The first kappa shape index (κ1) is 14.1. The Bertz CT molecular complexity index is 405. The molecule has 0 bridgehead atoms. The molecular weight excluding hydrogens is 268 g/mol. The molecule has 1 aromatic rings. The first-order valence-corrected chi connectivity index (χ1v) is 6.61. The quantitative estimate of drug-likeness (QED) is 0.786. The summed E-state index contributed by atoms with van der Waals surface area (Å²) in [5.74, 6) is 0.678. The van der Waals surface area contributed by atoms with Crippen LogP contribution in [0, 0.1) is 0 Å². The summed E-state index contributed by atoms with van der Waals surface area (Å²) in [7, 11) is 0. The van der Waals surface area contributed by atoms with Gasteiger partial charge in [0.25, 0.3) is 0 Å². The number of halogens is 1. The Morgan fingerprint density at radius 3 is 2.95 bits per heavy atom. The third kappa shape index (κ3) is 4.70. The van der Waals surface area contributed by atoms with Crippen LogP contribution in [0.25, 0.3) is 0 Å². The van der Waals surface area contributed by atoms with Crippen LogP contribution >= 0.6 is 11.6 Å². The van der Waals surface area contributed by atoms with Crippen LogP contribution in [0.2, 0.25) is 5.02 Å². The van der Waals surface area contributed by atoms with Crippen molar-refractivity contribution >= 4 is 17.5 Å². The number of hydrogen-bond acceptors (Lipinski definition) is 4. The van der Waals surface area contributed by atoms with Gasteiger partial charge in [0.15, 0.2) is 0 Å². The molecule has 1 aliphatic heterocycles. The molecule has 1 saturated heterocycles. The Morgan fingerprint density at radius 2 is 2.26 bits per heavy atom. The highest BCUT2D eigenvalue weighted by atomic mass is 35.5. The molecule has 19 heavy (non-hydrogen) atoms. The molecule has 2 N–H and O–H groups in total. The third-order valence-electron chi connectivity index (χ3n) is 2.72. The van der Waals surface area contributed by atoms with Gasteiger partial charge in [0, 0.05) is 11.6 Å². The molecule has 1 aromatic carbocycles. The largest absolute Gasteiger partial charge is 0.492 e. The van der Waals surface area contributed by atoms with Gasteiger partial charge in [0.1, 0.15) is 18.4 Å². The highest BCUT2D eigenvalue weighted by molar-refractivity contribution is 6.30. The van der Waals surface area contributed by atoms with E-state index in [1.807, 2.05) is 0 Å². The minimum atomic E-state index is -0.260. The van der Waals surface area contributed by atoms with Crippen LogP contribution in [0.5, 0.6) is 5.75 Å². The second kappa shape index (κ2) is 7.33. The van der Waals surface area contributed by atoms with Gasteiger partial charge in [-0.3, -0.25) is 4.79 Å². The normalized spacial score (nSPS) is 18.9. The molecule has 1 aliphatic rings. The zero-order valence-electron chi connectivity index (χ0n) is 10.5. The Hall–Kier alpha value is -1.30. The number of carbonyl (C=O) groups is 1. The molecule has 5 nitrogen and oxygen atoms in total. The summed E-state index contributed by atoms with van der Waals surface area (Å²) in [6.45, 7) is 2.66. The summed E-state index contributed by atoms with van der Waals surface area (Å²) >= 11 is 5.77. The van der Waals surface area contributed by atoms with Crippen molar-refractivity contribution in [2.75, 3.05) is 32.9 Å². The van der Waals surface area contributed by atoms with Gasteiger partial charge in [-0.25, -0.2) is 0 Å². The van der Waals surface area contributed by atoms with E-state index in [4.69, 9.17) is 21.1 Å². The standard InChI is InChI=1S/C13H17ClN2O3/c14-10-1-3-11(4-2-10)19-8-6-16-13(17)12-9-18-7-5-15-12/h1-4,12,15H,5-9H2,(H,16,17). The molecule has 0 aromatic heterocycles. The van der Waals surface area contributed by atoms with Gasteiger partial charge in [-0.15, -0.1) is 0 Å². The van der Waals surface area contributed by atoms with Gasteiger partial charge in [-0.2, -0.15) is 0 Å².